The number of esters is 1. The van der Waals surface area contributed by atoms with Gasteiger partial charge in [-0.25, -0.2) is 9.69 Å². The van der Waals surface area contributed by atoms with E-state index in [4.69, 9.17) is 4.74 Å². The fourth-order valence-corrected chi connectivity index (χ4v) is 3.90. The van der Waals surface area contributed by atoms with Crippen molar-refractivity contribution in [3.05, 3.63) is 0 Å². The molecule has 1 saturated heterocycles. The number of carbonyl (C=O) groups is 3. The van der Waals surface area contributed by atoms with Gasteiger partial charge in [-0.3, -0.25) is 14.5 Å². The van der Waals surface area contributed by atoms with Crippen LogP contribution in [0.25, 0.3) is 0 Å². The number of imide groups is 1. The second kappa shape index (κ2) is 8.17. The van der Waals surface area contributed by atoms with Crippen molar-refractivity contribution in [2.45, 2.75) is 58.9 Å². The SMILES string of the molecule is CCOC(=O)CN(CC(C)C)CN1C(=O)N[C@]2(CCCC[C@@H]2C)C1=O. The molecule has 0 unspecified atom stereocenters. The van der Waals surface area contributed by atoms with E-state index < -0.39 is 5.54 Å². The summed E-state index contributed by atoms with van der Waals surface area (Å²) in [7, 11) is 0. The first-order valence-corrected chi connectivity index (χ1v) is 9.32. The average Bonchev–Trinajstić information content (AvgIpc) is 2.75. The van der Waals surface area contributed by atoms with Crippen LogP contribution in [-0.2, 0) is 14.3 Å². The summed E-state index contributed by atoms with van der Waals surface area (Å²) < 4.78 is 5.01. The number of ether oxygens (including phenoxy) is 1. The Bertz CT molecular complexity index is 522. The van der Waals surface area contributed by atoms with Crippen molar-refractivity contribution in [2.75, 3.05) is 26.4 Å². The molecule has 0 bridgehead atoms. The molecule has 1 spiro atoms. The van der Waals surface area contributed by atoms with Crippen LogP contribution in [0.2, 0.25) is 0 Å². The Labute approximate surface area is 150 Å². The van der Waals surface area contributed by atoms with Crippen molar-refractivity contribution in [1.82, 2.24) is 15.1 Å². The minimum atomic E-state index is -0.761. The number of nitrogens with zero attached hydrogens (tertiary/aromatic N) is 2. The average molecular weight is 353 g/mol. The van der Waals surface area contributed by atoms with Gasteiger partial charge in [0.15, 0.2) is 0 Å². The van der Waals surface area contributed by atoms with E-state index >= 15 is 0 Å². The summed E-state index contributed by atoms with van der Waals surface area (Å²) in [6.07, 6.45) is 3.67. The molecule has 2 aliphatic rings. The third-order valence-electron chi connectivity index (χ3n) is 5.12. The zero-order valence-electron chi connectivity index (χ0n) is 15.8. The number of carbonyl (C=O) groups excluding carboxylic acids is 3. The molecule has 2 fully saturated rings. The quantitative estimate of drug-likeness (QED) is 0.559. The second-order valence-electron chi connectivity index (χ2n) is 7.63. The molecule has 0 aromatic carbocycles. The third-order valence-corrected chi connectivity index (χ3v) is 5.12. The highest BCUT2D eigenvalue weighted by atomic mass is 16.5. The summed E-state index contributed by atoms with van der Waals surface area (Å²) in [5.41, 5.74) is -0.761. The maximum Gasteiger partial charge on any atom is 0.326 e. The predicted molar refractivity (Wildman–Crippen MR) is 93.7 cm³/mol. The van der Waals surface area contributed by atoms with Gasteiger partial charge in [-0.05, 0) is 31.6 Å². The number of amides is 3. The van der Waals surface area contributed by atoms with Gasteiger partial charge in [-0.1, -0.05) is 33.6 Å². The molecule has 142 valence electrons. The first kappa shape index (κ1) is 19.7. The molecule has 1 aliphatic heterocycles. The molecule has 25 heavy (non-hydrogen) atoms. The molecule has 0 aromatic heterocycles. The maximum atomic E-state index is 13.0. The standard InChI is InChI=1S/C18H31N3O4/c1-5-25-15(22)11-20(10-13(2)3)12-21-16(23)18(19-17(21)24)9-7-6-8-14(18)4/h13-14H,5-12H2,1-4H3,(H,19,24)/t14-,18-/m0/s1. The van der Waals surface area contributed by atoms with Gasteiger partial charge in [0.25, 0.3) is 5.91 Å². The maximum absolute atomic E-state index is 13.0. The topological polar surface area (TPSA) is 79.0 Å². The Kier molecular flexibility index (Phi) is 6.43. The van der Waals surface area contributed by atoms with Gasteiger partial charge < -0.3 is 10.1 Å². The molecule has 2 rings (SSSR count). The van der Waals surface area contributed by atoms with E-state index in [2.05, 4.69) is 5.32 Å². The van der Waals surface area contributed by atoms with Crippen LogP contribution in [0.4, 0.5) is 4.79 Å². The van der Waals surface area contributed by atoms with Crippen LogP contribution >= 0.6 is 0 Å². The van der Waals surface area contributed by atoms with E-state index in [1.807, 2.05) is 25.7 Å². The number of hydrogen-bond donors (Lipinski definition) is 1. The van der Waals surface area contributed by atoms with Crippen LogP contribution in [0, 0.1) is 11.8 Å². The Morgan fingerprint density at radius 3 is 2.72 bits per heavy atom. The molecule has 1 aliphatic carbocycles. The summed E-state index contributed by atoms with van der Waals surface area (Å²) in [4.78, 5) is 40.5. The first-order chi connectivity index (χ1) is 11.8. The lowest BCUT2D eigenvalue weighted by molar-refractivity contribution is -0.146. The van der Waals surface area contributed by atoms with Crippen molar-refractivity contribution in [1.29, 1.82) is 0 Å². The van der Waals surface area contributed by atoms with Crippen LogP contribution in [0.1, 0.15) is 53.4 Å². The number of urea groups is 1. The molecule has 7 nitrogen and oxygen atoms in total. The Morgan fingerprint density at radius 2 is 2.12 bits per heavy atom. The van der Waals surface area contributed by atoms with E-state index in [0.29, 0.717) is 25.5 Å². The van der Waals surface area contributed by atoms with Crippen molar-refractivity contribution in [3.63, 3.8) is 0 Å². The van der Waals surface area contributed by atoms with E-state index in [1.54, 1.807) is 6.92 Å². The van der Waals surface area contributed by atoms with Crippen molar-refractivity contribution >= 4 is 17.9 Å². The van der Waals surface area contributed by atoms with E-state index in [9.17, 15) is 14.4 Å². The molecule has 2 atom stereocenters. The molecular weight excluding hydrogens is 322 g/mol. The van der Waals surface area contributed by atoms with Crippen LogP contribution in [-0.4, -0.2) is 59.6 Å². The molecular formula is C18H31N3O4. The van der Waals surface area contributed by atoms with Crippen LogP contribution in [0.5, 0.6) is 0 Å². The van der Waals surface area contributed by atoms with Gasteiger partial charge in [0, 0.05) is 6.54 Å². The molecule has 7 heteroatoms. The number of hydrogen-bond acceptors (Lipinski definition) is 5. The smallest absolute Gasteiger partial charge is 0.326 e. The summed E-state index contributed by atoms with van der Waals surface area (Å²) in [5.74, 6) is -0.0534. The minimum Gasteiger partial charge on any atom is -0.465 e. The fraction of sp³-hybridized carbons (Fsp3) is 0.833. The van der Waals surface area contributed by atoms with Gasteiger partial charge >= 0.3 is 12.0 Å². The van der Waals surface area contributed by atoms with E-state index in [0.717, 1.165) is 19.3 Å². The largest absolute Gasteiger partial charge is 0.465 e. The minimum absolute atomic E-state index is 0.0750. The monoisotopic (exact) mass is 353 g/mol. The zero-order chi connectivity index (χ0) is 18.6. The first-order valence-electron chi connectivity index (χ1n) is 9.32. The van der Waals surface area contributed by atoms with Gasteiger partial charge in [-0.2, -0.15) is 0 Å². The Morgan fingerprint density at radius 1 is 1.40 bits per heavy atom. The molecule has 0 radical (unpaired) electrons. The van der Waals surface area contributed by atoms with Crippen LogP contribution < -0.4 is 5.32 Å². The molecule has 0 aromatic rings. The van der Waals surface area contributed by atoms with E-state index in [1.165, 1.54) is 4.90 Å². The Hall–Kier alpha value is -1.63. The second-order valence-corrected chi connectivity index (χ2v) is 7.63. The predicted octanol–water partition coefficient (Wildman–Crippen LogP) is 1.97. The summed E-state index contributed by atoms with van der Waals surface area (Å²) in [5, 5.41) is 2.95. The molecule has 1 heterocycles. The highest BCUT2D eigenvalue weighted by Gasteiger charge is 2.55. The van der Waals surface area contributed by atoms with Gasteiger partial charge in [0.2, 0.25) is 0 Å². The molecule has 1 N–H and O–H groups in total. The highest BCUT2D eigenvalue weighted by molar-refractivity contribution is 6.07. The lowest BCUT2D eigenvalue weighted by atomic mass is 9.73. The van der Waals surface area contributed by atoms with Crippen LogP contribution in [0.3, 0.4) is 0 Å². The summed E-state index contributed by atoms with van der Waals surface area (Å²) >= 11 is 0. The zero-order valence-corrected chi connectivity index (χ0v) is 15.8. The summed E-state index contributed by atoms with van der Waals surface area (Å²) in [6.45, 7) is 8.99. The van der Waals surface area contributed by atoms with Crippen molar-refractivity contribution in [2.24, 2.45) is 11.8 Å². The number of nitrogens with one attached hydrogen (secondary N) is 1. The van der Waals surface area contributed by atoms with Crippen molar-refractivity contribution < 1.29 is 19.1 Å². The lowest BCUT2D eigenvalue weighted by Crippen LogP contribution is -2.54. The third kappa shape index (κ3) is 4.32. The Balaban J connectivity index is 2.10. The summed E-state index contributed by atoms with van der Waals surface area (Å²) in [6, 6.07) is -0.351. The van der Waals surface area contributed by atoms with Gasteiger partial charge in [0.1, 0.15) is 5.54 Å². The highest BCUT2D eigenvalue weighted by Crippen LogP contribution is 2.38. The van der Waals surface area contributed by atoms with Gasteiger partial charge in [-0.15, -0.1) is 0 Å². The molecule has 1 saturated carbocycles. The van der Waals surface area contributed by atoms with Gasteiger partial charge in [0.05, 0.1) is 19.8 Å². The number of rotatable bonds is 7. The fourth-order valence-electron chi connectivity index (χ4n) is 3.90. The normalized spacial score (nSPS) is 26.6. The van der Waals surface area contributed by atoms with Crippen LogP contribution in [0.15, 0.2) is 0 Å². The van der Waals surface area contributed by atoms with Crippen molar-refractivity contribution in [3.8, 4) is 0 Å². The lowest BCUT2D eigenvalue weighted by Gasteiger charge is -2.37. The molecule has 3 amide bonds. The van der Waals surface area contributed by atoms with E-state index in [-0.39, 0.29) is 37.0 Å².